The third-order valence-corrected chi connectivity index (χ3v) is 12.6. The van der Waals surface area contributed by atoms with Gasteiger partial charge in [-0.15, -0.1) is 11.1 Å². The summed E-state index contributed by atoms with van der Waals surface area (Å²) in [5.41, 5.74) is 5.10. The molecule has 0 atom stereocenters. The summed E-state index contributed by atoms with van der Waals surface area (Å²) in [4.78, 5) is 0. The monoisotopic (exact) mass is 422 g/mol. The fraction of sp³-hybridized carbons (Fsp3) is 0.280. The Balaban J connectivity index is 2.35. The van der Waals surface area contributed by atoms with Crippen molar-refractivity contribution < 1.29 is 0 Å². The van der Waals surface area contributed by atoms with E-state index in [1.54, 1.807) is 0 Å². The molecule has 0 nitrogen and oxygen atoms in total. The lowest BCUT2D eigenvalue weighted by Crippen LogP contribution is -2.64. The molecule has 3 aromatic rings. The maximum Gasteiger partial charge on any atom is 0.247 e. The quantitative estimate of drug-likeness (QED) is 0.325. The highest BCUT2D eigenvalue weighted by atomic mass is 35.6. The van der Waals surface area contributed by atoms with Gasteiger partial charge >= 0.3 is 0 Å². The van der Waals surface area contributed by atoms with Crippen molar-refractivity contribution in [2.24, 2.45) is 0 Å². The summed E-state index contributed by atoms with van der Waals surface area (Å²) in [5.74, 6) is 0. The number of hydrogen-bond donors (Lipinski definition) is 0. The molecule has 0 bridgehead atoms. The van der Waals surface area contributed by atoms with Crippen LogP contribution in [0.2, 0.25) is 19.6 Å². The molecular formula is C25H31ClSi2. The molecule has 0 saturated carbocycles. The molecule has 28 heavy (non-hydrogen) atoms. The Kier molecular flexibility index (Phi) is 5.77. The molecule has 0 radical (unpaired) electrons. The van der Waals surface area contributed by atoms with Gasteiger partial charge in [-0.2, -0.15) is 0 Å². The second kappa shape index (κ2) is 7.66. The van der Waals surface area contributed by atoms with Gasteiger partial charge in [0.15, 0.2) is 0 Å². The molecule has 0 aliphatic carbocycles. The lowest BCUT2D eigenvalue weighted by Gasteiger charge is -2.29. The Morgan fingerprint density at radius 2 is 0.929 bits per heavy atom. The van der Waals surface area contributed by atoms with E-state index in [1.807, 2.05) is 0 Å². The van der Waals surface area contributed by atoms with E-state index in [1.165, 1.54) is 43.0 Å². The van der Waals surface area contributed by atoms with Gasteiger partial charge in [-0.3, -0.25) is 0 Å². The summed E-state index contributed by atoms with van der Waals surface area (Å²) in [6, 6.07) is 22.8. The first-order valence-corrected chi connectivity index (χ1v) is 16.5. The highest BCUT2D eigenvalue weighted by Crippen LogP contribution is 2.16. The van der Waals surface area contributed by atoms with Crippen LogP contribution in [-0.4, -0.2) is 15.5 Å². The molecule has 3 heteroatoms. The molecule has 3 aromatic carbocycles. The van der Waals surface area contributed by atoms with Crippen LogP contribution in [0.5, 0.6) is 0 Å². The molecule has 0 amide bonds. The number of aryl methyl sites for hydroxylation is 4. The number of benzene rings is 3. The molecule has 0 spiro atoms. The molecule has 0 heterocycles. The summed E-state index contributed by atoms with van der Waals surface area (Å²) in [6.07, 6.45) is 0. The number of rotatable bonds is 4. The van der Waals surface area contributed by atoms with Gasteiger partial charge in [-0.25, -0.2) is 0 Å². The van der Waals surface area contributed by atoms with Crippen molar-refractivity contribution >= 4 is 47.3 Å². The fourth-order valence-corrected chi connectivity index (χ4v) is 9.77. The van der Waals surface area contributed by atoms with Crippen LogP contribution in [0.25, 0.3) is 0 Å². The van der Waals surface area contributed by atoms with E-state index in [9.17, 15) is 0 Å². The lowest BCUT2D eigenvalue weighted by molar-refractivity contribution is 1.39. The Morgan fingerprint density at radius 1 is 0.536 bits per heavy atom. The molecule has 0 aromatic heterocycles. The van der Waals surface area contributed by atoms with Crippen molar-refractivity contribution in [3.8, 4) is 0 Å². The minimum atomic E-state index is -2.62. The van der Waals surface area contributed by atoms with Gasteiger partial charge in [-0.05, 0) is 43.3 Å². The zero-order chi connectivity index (χ0) is 20.7. The molecule has 146 valence electrons. The first kappa shape index (κ1) is 21.1. The normalized spacial score (nSPS) is 12.3. The van der Waals surface area contributed by atoms with Crippen LogP contribution in [0, 0.1) is 27.7 Å². The third-order valence-electron chi connectivity index (χ3n) is 5.37. The van der Waals surface area contributed by atoms with Crippen molar-refractivity contribution in [3.05, 3.63) is 82.9 Å². The molecular weight excluding hydrogens is 392 g/mol. The topological polar surface area (TPSA) is 0 Å². The van der Waals surface area contributed by atoms with Gasteiger partial charge < -0.3 is 0 Å². The van der Waals surface area contributed by atoms with Crippen LogP contribution in [0.3, 0.4) is 0 Å². The van der Waals surface area contributed by atoms with Crippen LogP contribution in [-0.2, 0) is 0 Å². The van der Waals surface area contributed by atoms with Crippen molar-refractivity contribution in [2.45, 2.75) is 47.3 Å². The second-order valence-electron chi connectivity index (χ2n) is 9.24. The van der Waals surface area contributed by atoms with Crippen LogP contribution in [0.15, 0.2) is 60.7 Å². The lowest BCUT2D eigenvalue weighted by atomic mass is 10.2. The largest absolute Gasteiger partial charge is 0.247 e. The fourth-order valence-electron chi connectivity index (χ4n) is 4.05. The minimum absolute atomic E-state index is 1.28. The SMILES string of the molecule is Cc1cc(C)cc([Si](Cl)(c2cc(C)cc(C)c2)c2cccc([Si](C)(C)C)c2)c1. The number of hydrogen-bond acceptors (Lipinski definition) is 0. The van der Waals surface area contributed by atoms with E-state index in [0.29, 0.717) is 0 Å². The Labute approximate surface area is 177 Å². The Bertz CT molecular complexity index is 923. The predicted octanol–water partition coefficient (Wildman–Crippen LogP) is 4.67. The third kappa shape index (κ3) is 4.19. The summed E-state index contributed by atoms with van der Waals surface area (Å²) in [5, 5.41) is 5.33. The number of halogens is 1. The van der Waals surface area contributed by atoms with E-state index in [2.05, 4.69) is 108 Å². The molecule has 0 fully saturated rings. The molecule has 0 aliphatic rings. The molecule has 0 N–H and O–H groups in total. The van der Waals surface area contributed by atoms with Gasteiger partial charge in [0, 0.05) is 0 Å². The average molecular weight is 423 g/mol. The summed E-state index contributed by atoms with van der Waals surface area (Å²) >= 11 is 7.78. The van der Waals surface area contributed by atoms with Gasteiger partial charge in [-0.1, -0.05) is 108 Å². The van der Waals surface area contributed by atoms with E-state index < -0.39 is 15.5 Å². The Hall–Kier alpha value is -1.62. The van der Waals surface area contributed by atoms with E-state index in [4.69, 9.17) is 11.1 Å². The van der Waals surface area contributed by atoms with Crippen LogP contribution >= 0.6 is 11.1 Å². The molecule has 3 rings (SSSR count). The van der Waals surface area contributed by atoms with E-state index in [0.717, 1.165) is 0 Å². The van der Waals surface area contributed by atoms with Crippen LogP contribution < -0.4 is 20.7 Å². The predicted molar refractivity (Wildman–Crippen MR) is 132 cm³/mol. The molecule has 0 saturated heterocycles. The first-order valence-electron chi connectivity index (χ1n) is 9.97. The van der Waals surface area contributed by atoms with Crippen molar-refractivity contribution in [1.29, 1.82) is 0 Å². The smallest absolute Gasteiger partial charge is 0.149 e. The zero-order valence-electron chi connectivity index (χ0n) is 18.2. The average Bonchev–Trinajstić information content (AvgIpc) is 2.58. The second-order valence-corrected chi connectivity index (χ2v) is 19.1. The standard InChI is InChI=1S/C25H31ClSi2/c1-18-11-19(2)14-24(13-18)28(26,25-15-20(3)12-21(4)16-25)23-10-8-9-22(17-23)27(5,6)7/h8-17H,1-7H3. The summed E-state index contributed by atoms with van der Waals surface area (Å²) in [6.45, 7) is 15.9. The van der Waals surface area contributed by atoms with Gasteiger partial charge in [0.1, 0.15) is 0 Å². The highest BCUT2D eigenvalue weighted by molar-refractivity contribution is 7.40. The van der Waals surface area contributed by atoms with Crippen molar-refractivity contribution in [3.63, 3.8) is 0 Å². The molecule has 0 unspecified atom stereocenters. The molecule has 0 aliphatic heterocycles. The maximum absolute atomic E-state index is 7.78. The zero-order valence-corrected chi connectivity index (χ0v) is 20.9. The van der Waals surface area contributed by atoms with Gasteiger partial charge in [0.05, 0.1) is 8.07 Å². The minimum Gasteiger partial charge on any atom is -0.149 e. The van der Waals surface area contributed by atoms with Crippen LogP contribution in [0.1, 0.15) is 22.3 Å². The van der Waals surface area contributed by atoms with E-state index >= 15 is 0 Å². The van der Waals surface area contributed by atoms with Gasteiger partial charge in [0.25, 0.3) is 0 Å². The summed E-state index contributed by atoms with van der Waals surface area (Å²) in [7, 11) is -4.04. The van der Waals surface area contributed by atoms with Crippen LogP contribution in [0.4, 0.5) is 0 Å². The van der Waals surface area contributed by atoms with Crippen molar-refractivity contribution in [2.75, 3.05) is 0 Å². The maximum atomic E-state index is 7.78. The summed E-state index contributed by atoms with van der Waals surface area (Å²) < 4.78 is 0. The first-order chi connectivity index (χ1) is 13.0. The van der Waals surface area contributed by atoms with Crippen molar-refractivity contribution in [1.82, 2.24) is 0 Å². The van der Waals surface area contributed by atoms with E-state index in [-0.39, 0.29) is 0 Å². The van der Waals surface area contributed by atoms with Gasteiger partial charge in [0.2, 0.25) is 7.38 Å². The Morgan fingerprint density at radius 3 is 1.32 bits per heavy atom. The highest BCUT2D eigenvalue weighted by Gasteiger charge is 2.39.